The van der Waals surface area contributed by atoms with Crippen molar-refractivity contribution in [1.82, 2.24) is 0 Å². The van der Waals surface area contributed by atoms with Crippen LogP contribution in [0.15, 0.2) is 28.4 Å². The van der Waals surface area contributed by atoms with Crippen molar-refractivity contribution in [2.75, 3.05) is 24.6 Å². The fourth-order valence-corrected chi connectivity index (χ4v) is 1.59. The number of aliphatic hydroxyl groups is 1. The average Bonchev–Trinajstić information content (AvgIpc) is 2.37. The standard InChI is InChI=1S/C12H19N5O2/c1-2-17(5-6-18)10-4-3-9(11(19)7-10)8-15-16-12(13)14/h3-4,7-8,18-19H,2,5-6H2,1H3,(H4,13,14,16). The Balaban J connectivity index is 2.90. The van der Waals surface area contributed by atoms with E-state index in [0.29, 0.717) is 12.1 Å². The van der Waals surface area contributed by atoms with Gasteiger partial charge in [-0.2, -0.15) is 5.10 Å². The molecule has 0 saturated heterocycles. The highest BCUT2D eigenvalue weighted by Gasteiger charge is 2.06. The SMILES string of the molecule is CCN(CCO)c1ccc(C=NN=C(N)N)c(O)c1. The number of aliphatic hydroxyl groups excluding tert-OH is 1. The van der Waals surface area contributed by atoms with Gasteiger partial charge in [0.15, 0.2) is 0 Å². The number of hydrogen-bond acceptors (Lipinski definition) is 5. The van der Waals surface area contributed by atoms with Gasteiger partial charge in [-0.05, 0) is 19.1 Å². The number of nitrogens with zero attached hydrogens (tertiary/aromatic N) is 3. The maximum Gasteiger partial charge on any atom is 0.211 e. The van der Waals surface area contributed by atoms with Crippen molar-refractivity contribution in [2.24, 2.45) is 21.7 Å². The van der Waals surface area contributed by atoms with Crippen LogP contribution < -0.4 is 16.4 Å². The van der Waals surface area contributed by atoms with Gasteiger partial charge in [0.25, 0.3) is 0 Å². The van der Waals surface area contributed by atoms with Gasteiger partial charge in [0, 0.05) is 30.4 Å². The monoisotopic (exact) mass is 265 g/mol. The van der Waals surface area contributed by atoms with E-state index < -0.39 is 0 Å². The van der Waals surface area contributed by atoms with Crippen LogP contribution in [0.5, 0.6) is 5.75 Å². The Hall–Kier alpha value is -2.28. The minimum atomic E-state index is -0.146. The van der Waals surface area contributed by atoms with Crippen molar-refractivity contribution in [3.8, 4) is 5.75 Å². The molecule has 0 saturated carbocycles. The van der Waals surface area contributed by atoms with Crippen LogP contribution in [-0.4, -0.2) is 42.1 Å². The Kier molecular flexibility index (Phi) is 5.62. The molecule has 0 atom stereocenters. The normalized spacial score (nSPS) is 10.6. The fourth-order valence-electron chi connectivity index (χ4n) is 1.59. The van der Waals surface area contributed by atoms with Crippen LogP contribution in [0, 0.1) is 0 Å². The molecular weight excluding hydrogens is 246 g/mol. The third kappa shape index (κ3) is 4.47. The van der Waals surface area contributed by atoms with E-state index in [2.05, 4.69) is 10.2 Å². The fraction of sp³-hybridized carbons (Fsp3) is 0.333. The van der Waals surface area contributed by atoms with Gasteiger partial charge in [-0.1, -0.05) is 0 Å². The number of hydrogen-bond donors (Lipinski definition) is 4. The van der Waals surface area contributed by atoms with Crippen molar-refractivity contribution in [3.63, 3.8) is 0 Å². The Bertz CT molecular complexity index is 469. The highest BCUT2D eigenvalue weighted by Crippen LogP contribution is 2.23. The minimum absolute atomic E-state index is 0.0578. The van der Waals surface area contributed by atoms with Gasteiger partial charge < -0.3 is 26.6 Å². The van der Waals surface area contributed by atoms with Crippen LogP contribution in [0.25, 0.3) is 0 Å². The number of aromatic hydroxyl groups is 1. The number of guanidine groups is 1. The van der Waals surface area contributed by atoms with Crippen LogP contribution in [0.1, 0.15) is 12.5 Å². The zero-order valence-electron chi connectivity index (χ0n) is 10.8. The van der Waals surface area contributed by atoms with Crippen molar-refractivity contribution in [3.05, 3.63) is 23.8 Å². The molecule has 6 N–H and O–H groups in total. The second-order valence-corrected chi connectivity index (χ2v) is 3.82. The summed E-state index contributed by atoms with van der Waals surface area (Å²) in [5, 5.41) is 25.9. The Morgan fingerprint density at radius 1 is 1.42 bits per heavy atom. The molecule has 0 aliphatic carbocycles. The molecule has 0 unspecified atom stereocenters. The Morgan fingerprint density at radius 3 is 2.68 bits per heavy atom. The predicted octanol–water partition coefficient (Wildman–Crippen LogP) is -0.182. The molecule has 0 bridgehead atoms. The van der Waals surface area contributed by atoms with Gasteiger partial charge in [0.2, 0.25) is 5.96 Å². The van der Waals surface area contributed by atoms with Crippen molar-refractivity contribution < 1.29 is 10.2 Å². The minimum Gasteiger partial charge on any atom is -0.507 e. The molecule has 0 amide bonds. The molecule has 0 fully saturated rings. The van der Waals surface area contributed by atoms with Crippen LogP contribution in [0.3, 0.4) is 0 Å². The Morgan fingerprint density at radius 2 is 2.16 bits per heavy atom. The number of rotatable bonds is 6. The maximum atomic E-state index is 9.88. The summed E-state index contributed by atoms with van der Waals surface area (Å²) >= 11 is 0. The van der Waals surface area contributed by atoms with E-state index in [-0.39, 0.29) is 18.3 Å². The molecule has 0 radical (unpaired) electrons. The van der Waals surface area contributed by atoms with Crippen LogP contribution in [0.4, 0.5) is 5.69 Å². The van der Waals surface area contributed by atoms with Gasteiger partial charge in [0.1, 0.15) is 5.75 Å². The quantitative estimate of drug-likeness (QED) is 0.323. The van der Waals surface area contributed by atoms with Crippen molar-refractivity contribution in [1.29, 1.82) is 0 Å². The summed E-state index contributed by atoms with van der Waals surface area (Å²) < 4.78 is 0. The zero-order chi connectivity index (χ0) is 14.3. The summed E-state index contributed by atoms with van der Waals surface area (Å²) in [5.41, 5.74) is 11.6. The maximum absolute atomic E-state index is 9.88. The molecular formula is C12H19N5O2. The van der Waals surface area contributed by atoms with E-state index in [9.17, 15) is 5.11 Å². The van der Waals surface area contributed by atoms with Crippen LogP contribution >= 0.6 is 0 Å². The molecule has 0 aromatic heterocycles. The molecule has 104 valence electrons. The first-order valence-corrected chi connectivity index (χ1v) is 5.89. The summed E-state index contributed by atoms with van der Waals surface area (Å²) in [6, 6.07) is 5.14. The topological polar surface area (TPSA) is 120 Å². The number of benzene rings is 1. The van der Waals surface area contributed by atoms with E-state index in [4.69, 9.17) is 16.6 Å². The van der Waals surface area contributed by atoms with Crippen molar-refractivity contribution in [2.45, 2.75) is 6.92 Å². The average molecular weight is 265 g/mol. The summed E-state index contributed by atoms with van der Waals surface area (Å²) in [5.74, 6) is -0.0732. The summed E-state index contributed by atoms with van der Waals surface area (Å²) in [6.45, 7) is 3.28. The molecule has 7 heteroatoms. The second kappa shape index (κ2) is 7.22. The first-order valence-electron chi connectivity index (χ1n) is 5.89. The van der Waals surface area contributed by atoms with Crippen LogP contribution in [0.2, 0.25) is 0 Å². The predicted molar refractivity (Wildman–Crippen MR) is 76.5 cm³/mol. The molecule has 19 heavy (non-hydrogen) atoms. The van der Waals surface area contributed by atoms with E-state index in [1.807, 2.05) is 17.9 Å². The highest BCUT2D eigenvalue weighted by molar-refractivity contribution is 5.85. The smallest absolute Gasteiger partial charge is 0.211 e. The van der Waals surface area contributed by atoms with Crippen LogP contribution in [-0.2, 0) is 0 Å². The Labute approximate surface area is 111 Å². The van der Waals surface area contributed by atoms with E-state index >= 15 is 0 Å². The largest absolute Gasteiger partial charge is 0.507 e. The lowest BCUT2D eigenvalue weighted by Crippen LogP contribution is -2.26. The number of likely N-dealkylation sites (N-methyl/N-ethyl adjacent to an activating group) is 1. The van der Waals surface area contributed by atoms with E-state index in [1.165, 1.54) is 6.21 Å². The molecule has 1 rings (SSSR count). The number of anilines is 1. The van der Waals surface area contributed by atoms with E-state index in [0.717, 1.165) is 12.2 Å². The van der Waals surface area contributed by atoms with Gasteiger partial charge in [-0.25, -0.2) is 0 Å². The van der Waals surface area contributed by atoms with E-state index in [1.54, 1.807) is 12.1 Å². The molecule has 1 aromatic carbocycles. The lowest BCUT2D eigenvalue weighted by Gasteiger charge is -2.22. The molecule has 0 aliphatic heterocycles. The molecule has 0 aliphatic rings. The summed E-state index contributed by atoms with van der Waals surface area (Å²) in [6.07, 6.45) is 1.36. The number of phenols is 1. The van der Waals surface area contributed by atoms with Gasteiger partial charge >= 0.3 is 0 Å². The first kappa shape index (κ1) is 14.8. The highest BCUT2D eigenvalue weighted by atomic mass is 16.3. The molecule has 0 spiro atoms. The second-order valence-electron chi connectivity index (χ2n) is 3.82. The number of phenolic OH excluding ortho intramolecular Hbond substituents is 1. The molecule has 1 aromatic rings. The van der Waals surface area contributed by atoms with Gasteiger partial charge in [-0.15, -0.1) is 5.10 Å². The lowest BCUT2D eigenvalue weighted by atomic mass is 10.2. The zero-order valence-corrected chi connectivity index (χ0v) is 10.8. The molecule has 0 heterocycles. The number of nitrogens with two attached hydrogens (primary N) is 2. The third-order valence-electron chi connectivity index (χ3n) is 2.50. The van der Waals surface area contributed by atoms with Gasteiger partial charge in [-0.3, -0.25) is 0 Å². The van der Waals surface area contributed by atoms with Gasteiger partial charge in [0.05, 0.1) is 12.8 Å². The molecule has 7 nitrogen and oxygen atoms in total. The summed E-state index contributed by atoms with van der Waals surface area (Å²) in [7, 11) is 0. The third-order valence-corrected chi connectivity index (χ3v) is 2.50. The first-order chi connectivity index (χ1) is 9.08. The lowest BCUT2D eigenvalue weighted by molar-refractivity contribution is 0.302. The summed E-state index contributed by atoms with van der Waals surface area (Å²) in [4.78, 5) is 1.94. The van der Waals surface area contributed by atoms with Crippen molar-refractivity contribution >= 4 is 17.9 Å².